The standard InChI is InChI=1S/C16H18F3NO4/c1-24-13-5-3-2-4-10(13)6-7-14(21)20-8-11(15(22)23)12(9-20)16(17,18)19/h2-5,11-12H,6-9H2,1H3,(H,22,23)/t11-,12-/m1/s1. The zero-order chi connectivity index (χ0) is 17.9. The number of carboxylic acid groups (broad SMARTS) is 1. The fourth-order valence-electron chi connectivity index (χ4n) is 2.90. The molecule has 0 bridgehead atoms. The second-order valence-corrected chi connectivity index (χ2v) is 5.70. The minimum Gasteiger partial charge on any atom is -0.496 e. The third kappa shape index (κ3) is 3.98. The molecule has 5 nitrogen and oxygen atoms in total. The first-order valence-corrected chi connectivity index (χ1v) is 7.43. The van der Waals surface area contributed by atoms with Crippen molar-refractivity contribution in [2.45, 2.75) is 19.0 Å². The summed E-state index contributed by atoms with van der Waals surface area (Å²) in [6, 6.07) is 7.05. The first-order chi connectivity index (χ1) is 11.2. The van der Waals surface area contributed by atoms with Crippen molar-refractivity contribution < 1.29 is 32.6 Å². The van der Waals surface area contributed by atoms with Crippen molar-refractivity contribution in [3.63, 3.8) is 0 Å². The highest BCUT2D eigenvalue weighted by Crippen LogP contribution is 2.38. The molecule has 132 valence electrons. The number of rotatable bonds is 5. The van der Waals surface area contributed by atoms with Gasteiger partial charge >= 0.3 is 12.1 Å². The number of aryl methyl sites for hydroxylation is 1. The van der Waals surface area contributed by atoms with Crippen molar-refractivity contribution in [2.75, 3.05) is 20.2 Å². The molecule has 2 rings (SSSR count). The fourth-order valence-corrected chi connectivity index (χ4v) is 2.90. The van der Waals surface area contributed by atoms with Crippen molar-refractivity contribution in [3.05, 3.63) is 29.8 Å². The van der Waals surface area contributed by atoms with Crippen LogP contribution in [0.4, 0.5) is 13.2 Å². The molecular weight excluding hydrogens is 327 g/mol. The number of likely N-dealkylation sites (tertiary alicyclic amines) is 1. The second-order valence-electron chi connectivity index (χ2n) is 5.70. The van der Waals surface area contributed by atoms with E-state index in [-0.39, 0.29) is 6.42 Å². The molecule has 0 radical (unpaired) electrons. The molecular formula is C16H18F3NO4. The van der Waals surface area contributed by atoms with Gasteiger partial charge in [0.25, 0.3) is 0 Å². The van der Waals surface area contributed by atoms with Crippen molar-refractivity contribution >= 4 is 11.9 Å². The lowest BCUT2D eigenvalue weighted by Crippen LogP contribution is -2.34. The number of carbonyl (C=O) groups excluding carboxylic acids is 1. The molecule has 1 aliphatic heterocycles. The minimum absolute atomic E-state index is 0.00269. The number of nitrogens with zero attached hydrogens (tertiary/aromatic N) is 1. The van der Waals surface area contributed by atoms with Crippen molar-refractivity contribution in [1.82, 2.24) is 4.90 Å². The SMILES string of the molecule is COc1ccccc1CCC(=O)N1C[C@@H](C(F)(F)F)[C@H](C(=O)O)C1. The summed E-state index contributed by atoms with van der Waals surface area (Å²) < 4.78 is 44.0. The summed E-state index contributed by atoms with van der Waals surface area (Å²) >= 11 is 0. The molecule has 0 aliphatic carbocycles. The van der Waals surface area contributed by atoms with E-state index in [9.17, 15) is 22.8 Å². The van der Waals surface area contributed by atoms with Crippen LogP contribution in [0.1, 0.15) is 12.0 Å². The highest BCUT2D eigenvalue weighted by atomic mass is 19.4. The number of hydrogen-bond donors (Lipinski definition) is 1. The van der Waals surface area contributed by atoms with E-state index in [0.29, 0.717) is 12.2 Å². The Hall–Kier alpha value is -2.25. The Morgan fingerprint density at radius 1 is 1.29 bits per heavy atom. The number of para-hydroxylation sites is 1. The number of carboxylic acids is 1. The molecule has 1 N–H and O–H groups in total. The Morgan fingerprint density at radius 2 is 1.96 bits per heavy atom. The van der Waals surface area contributed by atoms with Gasteiger partial charge in [0.2, 0.25) is 5.91 Å². The zero-order valence-electron chi connectivity index (χ0n) is 13.0. The minimum atomic E-state index is -4.64. The van der Waals surface area contributed by atoms with Gasteiger partial charge in [-0.25, -0.2) is 0 Å². The van der Waals surface area contributed by atoms with E-state index in [2.05, 4.69) is 0 Å². The van der Waals surface area contributed by atoms with Gasteiger partial charge < -0.3 is 14.7 Å². The molecule has 0 saturated carbocycles. The topological polar surface area (TPSA) is 66.8 Å². The van der Waals surface area contributed by atoms with Crippen LogP contribution in [0, 0.1) is 11.8 Å². The lowest BCUT2D eigenvalue weighted by molar-refractivity contribution is -0.188. The Balaban J connectivity index is 2.01. The molecule has 0 spiro atoms. The normalized spacial score (nSPS) is 20.9. The fraction of sp³-hybridized carbons (Fsp3) is 0.500. The average molecular weight is 345 g/mol. The van der Waals surface area contributed by atoms with E-state index < -0.39 is 43.0 Å². The summed E-state index contributed by atoms with van der Waals surface area (Å²) in [5, 5.41) is 8.97. The van der Waals surface area contributed by atoms with Gasteiger partial charge in [-0.15, -0.1) is 0 Å². The highest BCUT2D eigenvalue weighted by molar-refractivity contribution is 5.79. The summed E-state index contributed by atoms with van der Waals surface area (Å²) in [5.74, 6) is -5.05. The molecule has 8 heteroatoms. The number of carbonyl (C=O) groups is 2. The zero-order valence-corrected chi connectivity index (χ0v) is 13.0. The lowest BCUT2D eigenvalue weighted by atomic mass is 9.96. The molecule has 1 saturated heterocycles. The Kier molecular flexibility index (Phi) is 5.36. The van der Waals surface area contributed by atoms with E-state index in [1.54, 1.807) is 24.3 Å². The predicted molar refractivity (Wildman–Crippen MR) is 78.6 cm³/mol. The first-order valence-electron chi connectivity index (χ1n) is 7.43. The predicted octanol–water partition coefficient (Wildman–Crippen LogP) is 2.35. The van der Waals surface area contributed by atoms with E-state index in [1.807, 2.05) is 0 Å². The second kappa shape index (κ2) is 7.11. The lowest BCUT2D eigenvalue weighted by Gasteiger charge is -2.18. The van der Waals surface area contributed by atoms with Crippen LogP contribution in [0.25, 0.3) is 0 Å². The van der Waals surface area contributed by atoms with Gasteiger partial charge in [0.05, 0.1) is 18.9 Å². The Labute approximate surface area is 137 Å². The van der Waals surface area contributed by atoms with Crippen LogP contribution in [0.2, 0.25) is 0 Å². The first kappa shape index (κ1) is 18.1. The van der Waals surface area contributed by atoms with Gasteiger partial charge in [-0.1, -0.05) is 18.2 Å². The third-order valence-electron chi connectivity index (χ3n) is 4.21. The largest absolute Gasteiger partial charge is 0.496 e. The molecule has 0 unspecified atom stereocenters. The molecule has 1 amide bonds. The van der Waals surface area contributed by atoms with Crippen LogP contribution in [0.5, 0.6) is 5.75 Å². The molecule has 1 aliphatic rings. The highest BCUT2D eigenvalue weighted by Gasteiger charge is 2.53. The Morgan fingerprint density at radius 3 is 2.50 bits per heavy atom. The number of amides is 1. The molecule has 2 atom stereocenters. The number of hydrogen-bond acceptors (Lipinski definition) is 3. The van der Waals surface area contributed by atoms with Crippen molar-refractivity contribution in [1.29, 1.82) is 0 Å². The molecule has 0 aromatic heterocycles. The van der Waals surface area contributed by atoms with E-state index in [4.69, 9.17) is 9.84 Å². The van der Waals surface area contributed by atoms with Crippen molar-refractivity contribution in [3.8, 4) is 5.75 Å². The maximum absolute atomic E-state index is 12.9. The molecule has 1 aromatic rings. The van der Waals surface area contributed by atoms with Gasteiger partial charge in [-0.05, 0) is 18.1 Å². The number of alkyl halides is 3. The van der Waals surface area contributed by atoms with Gasteiger partial charge in [0.1, 0.15) is 5.75 Å². The number of ether oxygens (including phenoxy) is 1. The summed E-state index contributed by atoms with van der Waals surface area (Å²) in [6.07, 6.45) is -4.33. The summed E-state index contributed by atoms with van der Waals surface area (Å²) in [7, 11) is 1.49. The third-order valence-corrected chi connectivity index (χ3v) is 4.21. The Bertz CT molecular complexity index is 618. The summed E-state index contributed by atoms with van der Waals surface area (Å²) in [5.41, 5.74) is 0.773. The average Bonchev–Trinajstić information content (AvgIpc) is 2.98. The maximum Gasteiger partial charge on any atom is 0.394 e. The van der Waals surface area contributed by atoms with E-state index in [1.165, 1.54) is 7.11 Å². The maximum atomic E-state index is 12.9. The summed E-state index contributed by atoms with van der Waals surface area (Å²) in [4.78, 5) is 24.2. The van der Waals surface area contributed by atoms with Gasteiger partial charge in [0.15, 0.2) is 0 Å². The van der Waals surface area contributed by atoms with Crippen LogP contribution >= 0.6 is 0 Å². The molecule has 24 heavy (non-hydrogen) atoms. The smallest absolute Gasteiger partial charge is 0.394 e. The van der Waals surface area contributed by atoms with Gasteiger partial charge in [-0.2, -0.15) is 13.2 Å². The van der Waals surface area contributed by atoms with Gasteiger partial charge in [0, 0.05) is 19.5 Å². The number of methoxy groups -OCH3 is 1. The molecule has 1 heterocycles. The van der Waals surface area contributed by atoms with Crippen molar-refractivity contribution in [2.24, 2.45) is 11.8 Å². The quantitative estimate of drug-likeness (QED) is 0.890. The van der Waals surface area contributed by atoms with E-state index >= 15 is 0 Å². The number of aliphatic carboxylic acids is 1. The van der Waals surface area contributed by atoms with Crippen LogP contribution in [-0.2, 0) is 16.0 Å². The molecule has 1 fully saturated rings. The van der Waals surface area contributed by atoms with Crippen LogP contribution in [-0.4, -0.2) is 48.3 Å². The van der Waals surface area contributed by atoms with Gasteiger partial charge in [-0.3, -0.25) is 9.59 Å². The molecule has 1 aromatic carbocycles. The number of benzene rings is 1. The summed E-state index contributed by atoms with van der Waals surface area (Å²) in [6.45, 7) is -1.02. The van der Waals surface area contributed by atoms with Crippen LogP contribution in [0.15, 0.2) is 24.3 Å². The number of halogens is 3. The monoisotopic (exact) mass is 345 g/mol. The van der Waals surface area contributed by atoms with Crippen LogP contribution in [0.3, 0.4) is 0 Å². The van der Waals surface area contributed by atoms with Crippen LogP contribution < -0.4 is 4.74 Å². The van der Waals surface area contributed by atoms with E-state index in [0.717, 1.165) is 10.5 Å².